The van der Waals surface area contributed by atoms with Crippen molar-refractivity contribution in [2.24, 2.45) is 5.92 Å². The van der Waals surface area contributed by atoms with Crippen LogP contribution in [0.1, 0.15) is 5.56 Å². The van der Waals surface area contributed by atoms with Crippen molar-refractivity contribution in [2.75, 3.05) is 30.8 Å². The number of pyridine rings is 1. The van der Waals surface area contributed by atoms with Crippen LogP contribution in [0.2, 0.25) is 0 Å². The Bertz CT molecular complexity index is 1460. The van der Waals surface area contributed by atoms with Crippen LogP contribution in [0, 0.1) is 5.92 Å². The number of nitrogens with zero attached hydrogens (tertiary/aromatic N) is 4. The van der Waals surface area contributed by atoms with Crippen molar-refractivity contribution in [3.63, 3.8) is 0 Å². The van der Waals surface area contributed by atoms with E-state index in [1.165, 1.54) is 28.8 Å². The number of imidazole rings is 1. The fourth-order valence-electron chi connectivity index (χ4n) is 4.06. The Morgan fingerprint density at radius 2 is 1.78 bits per heavy atom. The number of benzene rings is 2. The molecule has 2 aromatic carbocycles. The van der Waals surface area contributed by atoms with E-state index in [4.69, 9.17) is 4.74 Å². The number of carbonyl (C=O) groups excluding carboxylic acids is 1. The van der Waals surface area contributed by atoms with Crippen LogP contribution in [0.4, 0.5) is 10.5 Å². The van der Waals surface area contributed by atoms with Crippen LogP contribution >= 0.6 is 0 Å². The lowest BCUT2D eigenvalue weighted by molar-refractivity contribution is 0.238. The average molecular weight is 518 g/mol. The van der Waals surface area contributed by atoms with Gasteiger partial charge in [-0.05, 0) is 42.5 Å². The van der Waals surface area contributed by atoms with Crippen molar-refractivity contribution in [3.8, 4) is 17.0 Å². The molecule has 190 valence electrons. The van der Waals surface area contributed by atoms with Gasteiger partial charge in [-0.1, -0.05) is 24.3 Å². The Kier molecular flexibility index (Phi) is 6.91. The lowest BCUT2D eigenvalue weighted by Gasteiger charge is -2.41. The van der Waals surface area contributed by atoms with Crippen molar-refractivity contribution in [1.29, 1.82) is 0 Å². The van der Waals surface area contributed by atoms with Gasteiger partial charge in [0, 0.05) is 61.0 Å². The second-order valence-electron chi connectivity index (χ2n) is 9.05. The van der Waals surface area contributed by atoms with Crippen molar-refractivity contribution < 1.29 is 17.9 Å². The number of hydrogen-bond acceptors (Lipinski definition) is 7. The third-order valence-corrected chi connectivity index (χ3v) is 7.17. The van der Waals surface area contributed by atoms with Crippen LogP contribution in [-0.4, -0.2) is 54.9 Å². The normalized spacial score (nSPS) is 13.7. The first kappa shape index (κ1) is 24.5. The van der Waals surface area contributed by atoms with E-state index in [9.17, 15) is 13.2 Å². The number of para-hydroxylation sites is 1. The lowest BCUT2D eigenvalue weighted by atomic mass is 9.99. The Labute approximate surface area is 215 Å². The lowest BCUT2D eigenvalue weighted by Crippen LogP contribution is -2.51. The van der Waals surface area contributed by atoms with Gasteiger partial charge in [0.1, 0.15) is 18.7 Å². The number of ether oxygens (including phenoxy) is 1. The maximum Gasteiger partial charge on any atom is 0.326 e. The summed E-state index contributed by atoms with van der Waals surface area (Å²) in [7, 11) is -3.33. The molecular formula is C27H27N5O4S. The topological polar surface area (TPSA) is 106 Å². The Morgan fingerprint density at radius 1 is 1.03 bits per heavy atom. The molecule has 5 rings (SSSR count). The summed E-state index contributed by atoms with van der Waals surface area (Å²) in [5, 5.41) is 3.02. The van der Waals surface area contributed by atoms with Crippen LogP contribution < -0.4 is 15.0 Å². The minimum atomic E-state index is -3.33. The van der Waals surface area contributed by atoms with Gasteiger partial charge in [-0.3, -0.25) is 4.57 Å². The molecule has 2 aromatic heterocycles. The maximum atomic E-state index is 12.6. The molecule has 0 unspecified atom stereocenters. The molecule has 0 aliphatic carbocycles. The fourth-order valence-corrected chi connectivity index (χ4v) is 4.62. The molecule has 0 radical (unpaired) electrons. The molecule has 3 heterocycles. The molecular weight excluding hydrogens is 490 g/mol. The predicted octanol–water partition coefficient (Wildman–Crippen LogP) is 3.62. The van der Waals surface area contributed by atoms with E-state index >= 15 is 0 Å². The number of nitrogens with one attached hydrogen (secondary N) is 1. The van der Waals surface area contributed by atoms with Crippen LogP contribution in [-0.2, 0) is 16.4 Å². The molecule has 1 aliphatic heterocycles. The van der Waals surface area contributed by atoms with Crippen LogP contribution in [0.15, 0.2) is 90.5 Å². The number of carbonyl (C=O) groups is 1. The summed E-state index contributed by atoms with van der Waals surface area (Å²) in [6.45, 7) is 2.73. The molecule has 0 atom stereocenters. The van der Waals surface area contributed by atoms with Crippen molar-refractivity contribution in [3.05, 3.63) is 91.0 Å². The molecule has 0 saturated carbocycles. The first-order valence-electron chi connectivity index (χ1n) is 11.9. The van der Waals surface area contributed by atoms with Gasteiger partial charge in [-0.15, -0.1) is 0 Å². The highest BCUT2D eigenvalue weighted by atomic mass is 32.2. The summed E-state index contributed by atoms with van der Waals surface area (Å²) in [5.41, 5.74) is 3.51. The molecule has 1 amide bonds. The highest BCUT2D eigenvalue weighted by Crippen LogP contribution is 2.24. The van der Waals surface area contributed by atoms with Gasteiger partial charge in [0.15, 0.2) is 14.9 Å². The molecule has 4 aromatic rings. The first-order valence-corrected chi connectivity index (χ1v) is 13.7. The van der Waals surface area contributed by atoms with Gasteiger partial charge >= 0.3 is 6.03 Å². The van der Waals surface area contributed by atoms with Crippen LogP contribution in [0.3, 0.4) is 0 Å². The highest BCUT2D eigenvalue weighted by molar-refractivity contribution is 7.90. The van der Waals surface area contributed by atoms with Gasteiger partial charge in [0.2, 0.25) is 0 Å². The first-order chi connectivity index (χ1) is 17.8. The Balaban J connectivity index is 1.10. The van der Waals surface area contributed by atoms with E-state index in [-0.39, 0.29) is 17.7 Å². The third-order valence-electron chi connectivity index (χ3n) is 6.17. The number of sulfone groups is 1. The number of aromatic nitrogens is 3. The SMILES string of the molecule is CS(=O)(=O)c1ccc(COc2ccc(-c3cn(C(=O)NCC4CN(c5ccccc5)C4)cn3)cc2)cn1. The van der Waals surface area contributed by atoms with Gasteiger partial charge in [0.05, 0.1) is 5.69 Å². The summed E-state index contributed by atoms with van der Waals surface area (Å²) >= 11 is 0. The smallest absolute Gasteiger partial charge is 0.326 e. The largest absolute Gasteiger partial charge is 0.489 e. The van der Waals surface area contributed by atoms with Crippen LogP contribution in [0.5, 0.6) is 5.75 Å². The Morgan fingerprint density at radius 3 is 2.46 bits per heavy atom. The van der Waals surface area contributed by atoms with Crippen molar-refractivity contribution in [1.82, 2.24) is 19.9 Å². The zero-order valence-electron chi connectivity index (χ0n) is 20.3. The minimum absolute atomic E-state index is 0.0338. The maximum absolute atomic E-state index is 12.6. The highest BCUT2D eigenvalue weighted by Gasteiger charge is 2.27. The molecule has 1 fully saturated rings. The van der Waals surface area contributed by atoms with Crippen molar-refractivity contribution >= 4 is 21.6 Å². The molecule has 1 aliphatic rings. The van der Waals surface area contributed by atoms with E-state index in [1.807, 2.05) is 42.5 Å². The molecule has 1 N–H and O–H groups in total. The van der Waals surface area contributed by atoms with Crippen LogP contribution in [0.25, 0.3) is 11.3 Å². The quantitative estimate of drug-likeness (QED) is 0.380. The predicted molar refractivity (Wildman–Crippen MR) is 140 cm³/mol. The average Bonchev–Trinajstić information content (AvgIpc) is 3.38. The second kappa shape index (κ2) is 10.4. The Hall–Kier alpha value is -4.18. The number of anilines is 1. The van der Waals surface area contributed by atoms with Crippen molar-refractivity contribution in [2.45, 2.75) is 11.6 Å². The standard InChI is InChI=1S/C27H27N5O4S/c1-37(34,35)26-12-7-20(13-28-26)18-36-24-10-8-22(9-11-24)25-17-32(19-30-25)27(33)29-14-21-15-31(16-21)23-5-3-2-4-6-23/h2-13,17,19,21H,14-16,18H2,1H3,(H,29,33). The summed E-state index contributed by atoms with van der Waals surface area (Å²) in [6, 6.07) is 20.6. The summed E-state index contributed by atoms with van der Waals surface area (Å²) < 4.78 is 30.3. The van der Waals surface area contributed by atoms with E-state index in [1.54, 1.807) is 12.3 Å². The minimum Gasteiger partial charge on any atom is -0.489 e. The monoisotopic (exact) mass is 517 g/mol. The molecule has 9 nitrogen and oxygen atoms in total. The summed E-state index contributed by atoms with van der Waals surface area (Å²) in [5.74, 6) is 1.08. The van der Waals surface area contributed by atoms with E-state index in [0.717, 1.165) is 30.5 Å². The second-order valence-corrected chi connectivity index (χ2v) is 11.0. The summed E-state index contributed by atoms with van der Waals surface area (Å²) in [4.78, 5) is 23.2. The van der Waals surface area contributed by atoms with E-state index < -0.39 is 9.84 Å². The molecule has 10 heteroatoms. The van der Waals surface area contributed by atoms with Gasteiger partial charge < -0.3 is 15.0 Å². The van der Waals surface area contributed by atoms with E-state index in [2.05, 4.69) is 32.3 Å². The zero-order valence-corrected chi connectivity index (χ0v) is 21.1. The molecule has 0 bridgehead atoms. The number of amides is 1. The van der Waals surface area contributed by atoms with Gasteiger partial charge in [-0.25, -0.2) is 23.2 Å². The zero-order chi connectivity index (χ0) is 25.8. The molecule has 1 saturated heterocycles. The fraction of sp³-hybridized carbons (Fsp3) is 0.222. The molecule has 0 spiro atoms. The number of hydrogen-bond donors (Lipinski definition) is 1. The van der Waals surface area contributed by atoms with E-state index in [0.29, 0.717) is 23.9 Å². The molecule has 37 heavy (non-hydrogen) atoms. The van der Waals surface area contributed by atoms with Gasteiger partial charge in [-0.2, -0.15) is 0 Å². The number of rotatable bonds is 8. The van der Waals surface area contributed by atoms with Gasteiger partial charge in [0.25, 0.3) is 0 Å². The summed E-state index contributed by atoms with van der Waals surface area (Å²) in [6.07, 6.45) is 5.83. The third kappa shape index (κ3) is 5.97.